The van der Waals surface area contributed by atoms with Gasteiger partial charge in [0.15, 0.2) is 0 Å². The van der Waals surface area contributed by atoms with E-state index >= 15 is 0 Å². The molecule has 0 bridgehead atoms. The van der Waals surface area contributed by atoms with E-state index in [4.69, 9.17) is 32.7 Å². The molecule has 29 heavy (non-hydrogen) atoms. The summed E-state index contributed by atoms with van der Waals surface area (Å²) < 4.78 is 52.1. The molecule has 3 aromatic rings. The van der Waals surface area contributed by atoms with E-state index in [1.165, 1.54) is 6.07 Å². The Morgan fingerprint density at radius 2 is 1.90 bits per heavy atom. The van der Waals surface area contributed by atoms with Crippen molar-refractivity contribution < 1.29 is 22.6 Å². The molecule has 1 heterocycles. The van der Waals surface area contributed by atoms with Gasteiger partial charge in [-0.1, -0.05) is 23.2 Å². The zero-order valence-corrected chi connectivity index (χ0v) is 17.1. The molecule has 0 saturated heterocycles. The molecule has 0 N–H and O–H groups in total. The fraction of sp³-hybridized carbons (Fsp3) is 0.350. The van der Waals surface area contributed by atoms with Crippen molar-refractivity contribution >= 4 is 34.2 Å². The van der Waals surface area contributed by atoms with E-state index in [1.807, 2.05) is 11.5 Å². The van der Waals surface area contributed by atoms with Gasteiger partial charge in [-0.3, -0.25) is 0 Å². The number of aryl methyl sites for hydroxylation is 1. The summed E-state index contributed by atoms with van der Waals surface area (Å²) in [6.45, 7) is 3.63. The molecule has 4 nitrogen and oxygen atoms in total. The summed E-state index contributed by atoms with van der Waals surface area (Å²) in [4.78, 5) is 4.38. The normalized spacial score (nSPS) is 11.9. The largest absolute Gasteiger partial charge is 0.484 e. The van der Waals surface area contributed by atoms with Crippen molar-refractivity contribution in [3.63, 3.8) is 0 Å². The second-order valence-electron chi connectivity index (χ2n) is 6.29. The number of nitrogens with zero attached hydrogens (tertiary/aromatic N) is 2. The van der Waals surface area contributed by atoms with Gasteiger partial charge in [-0.15, -0.1) is 0 Å². The number of halogens is 5. The Morgan fingerprint density at radius 1 is 1.10 bits per heavy atom. The van der Waals surface area contributed by atoms with Gasteiger partial charge in [0.2, 0.25) is 0 Å². The number of aromatic nitrogens is 2. The van der Waals surface area contributed by atoms with Crippen molar-refractivity contribution in [1.82, 2.24) is 9.55 Å². The number of benzene rings is 2. The summed E-state index contributed by atoms with van der Waals surface area (Å²) in [5.74, 6) is 0.918. The molecule has 0 spiro atoms. The SMILES string of the molecule is CCOCCCn1c(COc2ccc(Cl)cc2Cl)nc2cc(C(F)(F)F)ccc21. The Labute approximate surface area is 176 Å². The van der Waals surface area contributed by atoms with Crippen molar-refractivity contribution in [2.45, 2.75) is 32.7 Å². The van der Waals surface area contributed by atoms with E-state index < -0.39 is 11.7 Å². The summed E-state index contributed by atoms with van der Waals surface area (Å²) in [5.41, 5.74) is 0.129. The first-order valence-electron chi connectivity index (χ1n) is 9.01. The van der Waals surface area contributed by atoms with E-state index in [-0.39, 0.29) is 12.1 Å². The first kappa shape index (κ1) is 21.7. The molecular formula is C20H19Cl2F3N2O2. The monoisotopic (exact) mass is 446 g/mol. The van der Waals surface area contributed by atoms with Gasteiger partial charge in [0, 0.05) is 24.8 Å². The molecule has 0 unspecified atom stereocenters. The van der Waals surface area contributed by atoms with Crippen LogP contribution < -0.4 is 4.74 Å². The van der Waals surface area contributed by atoms with Crippen molar-refractivity contribution in [1.29, 1.82) is 0 Å². The van der Waals surface area contributed by atoms with Crippen molar-refractivity contribution in [2.75, 3.05) is 13.2 Å². The van der Waals surface area contributed by atoms with Gasteiger partial charge in [-0.25, -0.2) is 4.98 Å². The molecule has 0 amide bonds. The van der Waals surface area contributed by atoms with Crippen LogP contribution in [0.15, 0.2) is 36.4 Å². The highest BCUT2D eigenvalue weighted by Crippen LogP contribution is 2.32. The lowest BCUT2D eigenvalue weighted by Crippen LogP contribution is -2.09. The molecule has 3 rings (SSSR count). The van der Waals surface area contributed by atoms with Crippen LogP contribution in [0.25, 0.3) is 11.0 Å². The molecule has 0 aliphatic carbocycles. The summed E-state index contributed by atoms with van der Waals surface area (Å²) in [6, 6.07) is 8.37. The third-order valence-electron chi connectivity index (χ3n) is 4.28. The van der Waals surface area contributed by atoms with Gasteiger partial charge in [0.1, 0.15) is 18.2 Å². The predicted octanol–water partition coefficient (Wildman–Crippen LogP) is 6.37. The van der Waals surface area contributed by atoms with Crippen LogP contribution in [0.4, 0.5) is 13.2 Å². The Hall–Kier alpha value is -1.96. The molecule has 0 fully saturated rings. The van der Waals surface area contributed by atoms with Gasteiger partial charge in [-0.05, 0) is 49.7 Å². The van der Waals surface area contributed by atoms with Crippen LogP contribution in [-0.4, -0.2) is 22.8 Å². The molecule has 2 aromatic carbocycles. The van der Waals surface area contributed by atoms with Crippen LogP contribution in [0.1, 0.15) is 24.7 Å². The number of fused-ring (bicyclic) bond motifs is 1. The third kappa shape index (κ3) is 5.35. The maximum absolute atomic E-state index is 13.1. The van der Waals surface area contributed by atoms with Crippen molar-refractivity contribution in [2.24, 2.45) is 0 Å². The Bertz CT molecular complexity index is 990. The number of imidazole rings is 1. The average molecular weight is 447 g/mol. The number of hydrogen-bond donors (Lipinski definition) is 0. The van der Waals surface area contributed by atoms with Crippen LogP contribution in [0.2, 0.25) is 10.0 Å². The van der Waals surface area contributed by atoms with Gasteiger partial charge in [0.25, 0.3) is 0 Å². The lowest BCUT2D eigenvalue weighted by atomic mass is 10.2. The van der Waals surface area contributed by atoms with Gasteiger partial charge < -0.3 is 14.0 Å². The van der Waals surface area contributed by atoms with Gasteiger partial charge in [0.05, 0.1) is 21.6 Å². The first-order chi connectivity index (χ1) is 13.8. The number of rotatable bonds is 8. The molecule has 0 radical (unpaired) electrons. The standard InChI is InChI=1S/C20H19Cl2F3N2O2/c1-2-28-9-3-8-27-17-6-4-13(20(23,24)25)10-16(17)26-19(27)12-29-18-7-5-14(21)11-15(18)22/h4-7,10-11H,2-3,8-9,12H2,1H3. The van der Waals surface area contributed by atoms with Crippen molar-refractivity contribution in [3.8, 4) is 5.75 Å². The average Bonchev–Trinajstić information content (AvgIpc) is 3.00. The highest BCUT2D eigenvalue weighted by atomic mass is 35.5. The van der Waals surface area contributed by atoms with Crippen LogP contribution in [0.5, 0.6) is 5.75 Å². The highest BCUT2D eigenvalue weighted by molar-refractivity contribution is 6.35. The third-order valence-corrected chi connectivity index (χ3v) is 4.81. The van der Waals surface area contributed by atoms with Crippen molar-refractivity contribution in [3.05, 3.63) is 57.8 Å². The van der Waals surface area contributed by atoms with Crippen LogP contribution in [-0.2, 0) is 24.1 Å². The maximum atomic E-state index is 13.1. The van der Waals surface area contributed by atoms with Crippen LogP contribution >= 0.6 is 23.2 Å². The Kier molecular flexibility index (Phi) is 6.93. The van der Waals surface area contributed by atoms with Crippen LogP contribution in [0, 0.1) is 0 Å². The van der Waals surface area contributed by atoms with E-state index in [1.54, 1.807) is 18.2 Å². The topological polar surface area (TPSA) is 36.3 Å². The molecular weight excluding hydrogens is 428 g/mol. The highest BCUT2D eigenvalue weighted by Gasteiger charge is 2.31. The van der Waals surface area contributed by atoms with E-state index in [0.29, 0.717) is 53.3 Å². The van der Waals surface area contributed by atoms with Gasteiger partial charge >= 0.3 is 6.18 Å². The molecule has 9 heteroatoms. The minimum Gasteiger partial charge on any atom is -0.484 e. The Balaban J connectivity index is 1.89. The minimum absolute atomic E-state index is 0.0476. The van der Waals surface area contributed by atoms with Crippen LogP contribution in [0.3, 0.4) is 0 Å². The minimum atomic E-state index is -4.43. The lowest BCUT2D eigenvalue weighted by molar-refractivity contribution is -0.137. The second-order valence-corrected chi connectivity index (χ2v) is 7.14. The summed E-state index contributed by atoms with van der Waals surface area (Å²) in [6.07, 6.45) is -3.74. The lowest BCUT2D eigenvalue weighted by Gasteiger charge is -2.12. The molecule has 1 aromatic heterocycles. The molecule has 0 aliphatic heterocycles. The molecule has 0 saturated carbocycles. The van der Waals surface area contributed by atoms with E-state index in [9.17, 15) is 13.2 Å². The summed E-state index contributed by atoms with van der Waals surface area (Å²) in [7, 11) is 0. The number of alkyl halides is 3. The summed E-state index contributed by atoms with van der Waals surface area (Å²) >= 11 is 12.0. The second kappa shape index (κ2) is 9.24. The molecule has 0 atom stereocenters. The van der Waals surface area contributed by atoms with E-state index in [0.717, 1.165) is 12.1 Å². The molecule has 156 valence electrons. The fourth-order valence-corrected chi connectivity index (χ4v) is 3.38. The zero-order chi connectivity index (χ0) is 21.0. The fourth-order valence-electron chi connectivity index (χ4n) is 2.92. The zero-order valence-electron chi connectivity index (χ0n) is 15.6. The smallest absolute Gasteiger partial charge is 0.416 e. The van der Waals surface area contributed by atoms with Gasteiger partial charge in [-0.2, -0.15) is 13.2 Å². The number of hydrogen-bond acceptors (Lipinski definition) is 3. The quantitative estimate of drug-likeness (QED) is 0.377. The maximum Gasteiger partial charge on any atom is 0.416 e. The molecule has 0 aliphatic rings. The number of ether oxygens (including phenoxy) is 2. The Morgan fingerprint density at radius 3 is 2.59 bits per heavy atom. The predicted molar refractivity (Wildman–Crippen MR) is 107 cm³/mol. The van der Waals surface area contributed by atoms with E-state index in [2.05, 4.69) is 4.98 Å². The summed E-state index contributed by atoms with van der Waals surface area (Å²) in [5, 5.41) is 0.820. The first-order valence-corrected chi connectivity index (χ1v) is 9.77.